The van der Waals surface area contributed by atoms with Gasteiger partial charge in [0.1, 0.15) is 24.0 Å². The van der Waals surface area contributed by atoms with Gasteiger partial charge >= 0.3 is 5.97 Å². The number of aromatic nitrogens is 2. The minimum Gasteiger partial charge on any atom is -0.493 e. The van der Waals surface area contributed by atoms with Gasteiger partial charge in [0.2, 0.25) is 5.91 Å². The molecule has 5 rings (SSSR count). The molecule has 2 heterocycles. The Morgan fingerprint density at radius 1 is 1.10 bits per heavy atom. The molecule has 1 aliphatic heterocycles. The van der Waals surface area contributed by atoms with E-state index in [4.69, 9.17) is 14.6 Å². The molecule has 0 unspecified atom stereocenters. The molecule has 3 aromatic carbocycles. The van der Waals surface area contributed by atoms with Crippen LogP contribution in [0.15, 0.2) is 60.9 Å². The van der Waals surface area contributed by atoms with Crippen LogP contribution in [0, 0.1) is 25.5 Å². The number of carbonyl (C=O) groups is 2. The summed E-state index contributed by atoms with van der Waals surface area (Å²) in [7, 11) is 0. The highest BCUT2D eigenvalue weighted by atomic mass is 19.1. The summed E-state index contributed by atoms with van der Waals surface area (Å²) in [6, 6.07) is 12.9. The molecule has 1 N–H and O–H groups in total. The third-order valence-electron chi connectivity index (χ3n) is 7.15. The van der Waals surface area contributed by atoms with Gasteiger partial charge in [-0.25, -0.2) is 13.6 Å². The Labute approximate surface area is 235 Å². The van der Waals surface area contributed by atoms with Gasteiger partial charge in [-0.05, 0) is 55.7 Å². The number of rotatable bonds is 9. The monoisotopic (exact) mass is 561 g/mol. The fourth-order valence-corrected chi connectivity index (χ4v) is 4.78. The first-order valence-electron chi connectivity index (χ1n) is 13.2. The zero-order valence-corrected chi connectivity index (χ0v) is 22.7. The third kappa shape index (κ3) is 5.91. The first-order valence-corrected chi connectivity index (χ1v) is 13.2. The highest BCUT2D eigenvalue weighted by molar-refractivity contribution is 5.97. The first kappa shape index (κ1) is 27.8. The second-order valence-electron chi connectivity index (χ2n) is 9.85. The molecular weight excluding hydrogens is 532 g/mol. The summed E-state index contributed by atoms with van der Waals surface area (Å²) >= 11 is 0. The van der Waals surface area contributed by atoms with Crippen LogP contribution in [-0.4, -0.2) is 46.5 Å². The molecule has 1 amide bonds. The molecule has 0 atom stereocenters. The number of carboxylic acids is 1. The summed E-state index contributed by atoms with van der Waals surface area (Å²) < 4.78 is 42.1. The number of para-hydroxylation sites is 1. The molecule has 0 bridgehead atoms. The van der Waals surface area contributed by atoms with Crippen molar-refractivity contribution in [3.63, 3.8) is 0 Å². The van der Waals surface area contributed by atoms with E-state index in [1.807, 2.05) is 50.2 Å². The van der Waals surface area contributed by atoms with Gasteiger partial charge in [0.15, 0.2) is 5.75 Å². The first-order chi connectivity index (χ1) is 19.7. The molecule has 8 nitrogen and oxygen atoms in total. The molecule has 0 fully saturated rings. The maximum Gasteiger partial charge on any atom is 0.335 e. The Balaban J connectivity index is 1.28. The molecule has 0 radical (unpaired) electrons. The van der Waals surface area contributed by atoms with Gasteiger partial charge in [0, 0.05) is 29.3 Å². The highest BCUT2D eigenvalue weighted by Crippen LogP contribution is 2.41. The molecule has 41 heavy (non-hydrogen) atoms. The van der Waals surface area contributed by atoms with Gasteiger partial charge in [-0.15, -0.1) is 0 Å². The van der Waals surface area contributed by atoms with Gasteiger partial charge in [-0.3, -0.25) is 9.48 Å². The molecule has 10 heteroatoms. The molecule has 4 aromatic rings. The van der Waals surface area contributed by atoms with Crippen molar-refractivity contribution in [3.05, 3.63) is 94.8 Å². The average Bonchev–Trinajstić information content (AvgIpc) is 3.42. The van der Waals surface area contributed by atoms with Crippen LogP contribution in [-0.2, 0) is 11.3 Å². The lowest BCUT2D eigenvalue weighted by atomic mass is 10.1. The number of aromatic carboxylic acids is 1. The molecule has 0 saturated heterocycles. The zero-order chi connectivity index (χ0) is 29.1. The standard InChI is InChI=1S/C31H29F2N3O5/c1-19-6-3-9-28(20(19)2)40-12-5-10-29(37)36-11-13-41-30-23(7-4-8-27(30)36)22-16-34-35(17-22)18-24-25(32)14-21(31(38)39)15-26(24)33/h3-4,6-9,14-17H,5,10-13,18H2,1-2H3,(H,38,39). The largest absolute Gasteiger partial charge is 0.493 e. The number of ether oxygens (including phenoxy) is 2. The fourth-order valence-electron chi connectivity index (χ4n) is 4.78. The Morgan fingerprint density at radius 2 is 1.85 bits per heavy atom. The minimum absolute atomic E-state index is 0.0392. The Morgan fingerprint density at radius 3 is 2.61 bits per heavy atom. The number of anilines is 1. The van der Waals surface area contributed by atoms with Crippen LogP contribution in [0.5, 0.6) is 11.5 Å². The van der Waals surface area contributed by atoms with E-state index >= 15 is 0 Å². The Bertz CT molecular complexity index is 1590. The van der Waals surface area contributed by atoms with E-state index in [9.17, 15) is 18.4 Å². The maximum absolute atomic E-state index is 14.5. The van der Waals surface area contributed by atoms with Crippen molar-refractivity contribution in [2.75, 3.05) is 24.7 Å². The van der Waals surface area contributed by atoms with Crippen molar-refractivity contribution in [2.24, 2.45) is 0 Å². The van der Waals surface area contributed by atoms with Crippen molar-refractivity contribution in [2.45, 2.75) is 33.2 Å². The summed E-state index contributed by atoms with van der Waals surface area (Å²) in [5.41, 5.74) is 3.44. The number of aryl methyl sites for hydroxylation is 1. The van der Waals surface area contributed by atoms with E-state index in [-0.39, 0.29) is 18.0 Å². The van der Waals surface area contributed by atoms with Gasteiger partial charge < -0.3 is 19.5 Å². The summed E-state index contributed by atoms with van der Waals surface area (Å²) in [5.74, 6) is -2.03. The SMILES string of the molecule is Cc1cccc(OCCCC(=O)N2CCOc3c(-c4cnn(Cc5c(F)cc(C(=O)O)cc5F)c4)cccc32)c1C. The van der Waals surface area contributed by atoms with Crippen LogP contribution in [0.2, 0.25) is 0 Å². The van der Waals surface area contributed by atoms with Crippen molar-refractivity contribution in [1.29, 1.82) is 0 Å². The quantitative estimate of drug-likeness (QED) is 0.261. The van der Waals surface area contributed by atoms with Gasteiger partial charge in [0.05, 0.1) is 37.1 Å². The normalized spacial score (nSPS) is 12.5. The van der Waals surface area contributed by atoms with Gasteiger partial charge in [-0.2, -0.15) is 5.10 Å². The summed E-state index contributed by atoms with van der Waals surface area (Å²) in [5, 5.41) is 13.2. The summed E-state index contributed by atoms with van der Waals surface area (Å²) in [6.45, 7) is 4.96. The van der Waals surface area contributed by atoms with Crippen LogP contribution >= 0.6 is 0 Å². The number of nitrogens with zero attached hydrogens (tertiary/aromatic N) is 3. The molecule has 0 spiro atoms. The number of amides is 1. The van der Waals surface area contributed by atoms with E-state index < -0.39 is 23.2 Å². The van der Waals surface area contributed by atoms with E-state index in [0.717, 1.165) is 29.0 Å². The van der Waals surface area contributed by atoms with E-state index in [1.165, 1.54) is 4.68 Å². The number of hydrogen-bond donors (Lipinski definition) is 1. The van der Waals surface area contributed by atoms with Crippen LogP contribution in [0.1, 0.15) is 39.9 Å². The molecule has 0 saturated carbocycles. The van der Waals surface area contributed by atoms with Crippen molar-refractivity contribution < 1.29 is 33.0 Å². The predicted octanol–water partition coefficient (Wildman–Crippen LogP) is 5.78. The number of carboxylic acid groups (broad SMARTS) is 1. The van der Waals surface area contributed by atoms with Crippen molar-refractivity contribution in [1.82, 2.24) is 9.78 Å². The zero-order valence-electron chi connectivity index (χ0n) is 22.7. The van der Waals surface area contributed by atoms with Crippen molar-refractivity contribution in [3.8, 4) is 22.6 Å². The summed E-state index contributed by atoms with van der Waals surface area (Å²) in [4.78, 5) is 25.9. The molecule has 1 aliphatic rings. The highest BCUT2D eigenvalue weighted by Gasteiger charge is 2.26. The van der Waals surface area contributed by atoms with E-state index in [2.05, 4.69) is 5.10 Å². The van der Waals surface area contributed by atoms with Gasteiger partial charge in [-0.1, -0.05) is 24.3 Å². The van der Waals surface area contributed by atoms with E-state index in [1.54, 1.807) is 17.3 Å². The smallest absolute Gasteiger partial charge is 0.335 e. The second-order valence-corrected chi connectivity index (χ2v) is 9.85. The topological polar surface area (TPSA) is 93.9 Å². The van der Waals surface area contributed by atoms with Gasteiger partial charge in [0.25, 0.3) is 0 Å². The maximum atomic E-state index is 14.5. The average molecular weight is 562 g/mol. The summed E-state index contributed by atoms with van der Waals surface area (Å²) in [6.07, 6.45) is 4.04. The number of benzene rings is 3. The lowest BCUT2D eigenvalue weighted by Gasteiger charge is -2.31. The second kappa shape index (κ2) is 11.8. The third-order valence-corrected chi connectivity index (χ3v) is 7.15. The fraction of sp³-hybridized carbons (Fsp3) is 0.258. The molecule has 212 valence electrons. The van der Waals surface area contributed by atoms with Crippen molar-refractivity contribution >= 4 is 17.6 Å². The number of carbonyl (C=O) groups excluding carboxylic acids is 1. The predicted molar refractivity (Wildman–Crippen MR) is 149 cm³/mol. The lowest BCUT2D eigenvalue weighted by Crippen LogP contribution is -2.38. The molecule has 0 aliphatic carbocycles. The van der Waals surface area contributed by atoms with Crippen LogP contribution in [0.25, 0.3) is 11.1 Å². The minimum atomic E-state index is -1.41. The number of fused-ring (bicyclic) bond motifs is 1. The van der Waals surface area contributed by atoms with E-state index in [0.29, 0.717) is 55.2 Å². The van der Waals surface area contributed by atoms with Crippen LogP contribution in [0.4, 0.5) is 14.5 Å². The Hall–Kier alpha value is -4.73. The number of halogens is 2. The Kier molecular flexibility index (Phi) is 8.00. The number of hydrogen-bond acceptors (Lipinski definition) is 5. The van der Waals surface area contributed by atoms with Crippen LogP contribution < -0.4 is 14.4 Å². The lowest BCUT2D eigenvalue weighted by molar-refractivity contribution is -0.119. The molecule has 1 aromatic heterocycles. The molecular formula is C31H29F2N3O5. The van der Waals surface area contributed by atoms with Crippen LogP contribution in [0.3, 0.4) is 0 Å².